The fourth-order valence-electron chi connectivity index (χ4n) is 2.98. The molecule has 1 fully saturated rings. The van der Waals surface area contributed by atoms with Crippen LogP contribution in [0, 0.1) is 0 Å². The Kier molecular flexibility index (Phi) is 5.65. The largest absolute Gasteiger partial charge is 0.382 e. The number of carbonyl (C=O) groups is 4. The number of alkyl halides is 1. The van der Waals surface area contributed by atoms with Crippen molar-refractivity contribution in [3.8, 4) is 0 Å². The summed E-state index contributed by atoms with van der Waals surface area (Å²) in [5.74, 6) is -6.10. The highest BCUT2D eigenvalue weighted by Gasteiger charge is 2.79. The van der Waals surface area contributed by atoms with Crippen LogP contribution in [0.2, 0.25) is 0 Å². The molecule has 0 radical (unpaired) electrons. The first-order valence-electron chi connectivity index (χ1n) is 7.05. The van der Waals surface area contributed by atoms with E-state index < -0.39 is 65.1 Å². The van der Waals surface area contributed by atoms with Crippen molar-refractivity contribution in [2.45, 2.75) is 56.1 Å². The van der Waals surface area contributed by atoms with E-state index in [0.29, 0.717) is 20.8 Å². The quantitative estimate of drug-likeness (QED) is 0.317. The topological polar surface area (TPSA) is 179 Å². The molecule has 10 nitrogen and oxygen atoms in total. The molecule has 142 valence electrons. The average Bonchev–Trinajstić information content (AvgIpc) is 2.53. The molecule has 0 aromatic rings. The number of aliphatic hydroxyl groups excluding tert-OH is 2. The van der Waals surface area contributed by atoms with E-state index in [1.54, 1.807) is 0 Å². The summed E-state index contributed by atoms with van der Waals surface area (Å²) in [4.78, 5) is 47.3. The second-order valence-electron chi connectivity index (χ2n) is 5.87. The number of ketones is 4. The Balaban J connectivity index is 3.82. The molecule has 1 rings (SSSR count). The fraction of sp³-hybridized carbons (Fsp3) is 0.714. The van der Waals surface area contributed by atoms with Crippen LogP contribution < -0.4 is 0 Å². The first kappa shape index (κ1) is 21.4. The van der Waals surface area contributed by atoms with Gasteiger partial charge in [-0.2, -0.15) is 0 Å². The molecule has 0 saturated carbocycles. The third kappa shape index (κ3) is 2.55. The minimum absolute atomic E-state index is 0.584. The van der Waals surface area contributed by atoms with Crippen molar-refractivity contribution in [2.75, 3.05) is 6.67 Å². The number of Topliss-reactive ketones (excluding diaryl/α,β-unsaturated/α-hetero) is 4. The zero-order chi connectivity index (χ0) is 20.0. The molecule has 0 aromatic carbocycles. The van der Waals surface area contributed by atoms with E-state index in [-0.39, 0.29) is 0 Å². The molecule has 1 heterocycles. The number of halogens is 1. The van der Waals surface area contributed by atoms with E-state index >= 15 is 0 Å². The van der Waals surface area contributed by atoms with Gasteiger partial charge in [0, 0.05) is 0 Å². The van der Waals surface area contributed by atoms with E-state index in [2.05, 4.69) is 4.74 Å². The van der Waals surface area contributed by atoms with Gasteiger partial charge in [-0.05, 0) is 20.8 Å². The predicted molar refractivity (Wildman–Crippen MR) is 74.8 cm³/mol. The van der Waals surface area contributed by atoms with Crippen LogP contribution in [0.15, 0.2) is 0 Å². The average molecular weight is 366 g/mol. The maximum Gasteiger partial charge on any atom is 0.213 e. The van der Waals surface area contributed by atoms with E-state index in [1.165, 1.54) is 0 Å². The van der Waals surface area contributed by atoms with Gasteiger partial charge < -0.3 is 30.3 Å². The summed E-state index contributed by atoms with van der Waals surface area (Å²) < 4.78 is 17.2. The van der Waals surface area contributed by atoms with Gasteiger partial charge in [0.15, 0.2) is 41.7 Å². The van der Waals surface area contributed by atoms with Crippen LogP contribution >= 0.6 is 0 Å². The monoisotopic (exact) mass is 366 g/mol. The molecule has 0 spiro atoms. The van der Waals surface area contributed by atoms with Gasteiger partial charge in [-0.1, -0.05) is 0 Å². The lowest BCUT2D eigenvalue weighted by molar-refractivity contribution is -0.364. The first-order chi connectivity index (χ1) is 11.2. The number of carbonyl (C=O) groups excluding carboxylic acids is 4. The molecule has 5 N–H and O–H groups in total. The second kappa shape index (κ2) is 6.59. The Morgan fingerprint density at radius 2 is 1.44 bits per heavy atom. The Hall–Kier alpha value is -1.63. The summed E-state index contributed by atoms with van der Waals surface area (Å²) in [7, 11) is 0. The Bertz CT molecular complexity index is 621. The lowest BCUT2D eigenvalue weighted by atomic mass is 9.60. The van der Waals surface area contributed by atoms with E-state index in [9.17, 15) is 49.1 Å². The van der Waals surface area contributed by atoms with Gasteiger partial charge >= 0.3 is 0 Å². The summed E-state index contributed by atoms with van der Waals surface area (Å²) >= 11 is 0. The van der Waals surface area contributed by atoms with Crippen molar-refractivity contribution in [3.05, 3.63) is 0 Å². The molecule has 1 aliphatic heterocycles. The van der Waals surface area contributed by atoms with Crippen molar-refractivity contribution < 1.29 is 53.8 Å². The van der Waals surface area contributed by atoms with Gasteiger partial charge in [0.1, 0.15) is 12.2 Å². The van der Waals surface area contributed by atoms with Crippen molar-refractivity contribution in [1.82, 2.24) is 0 Å². The van der Waals surface area contributed by atoms with E-state index in [0.717, 1.165) is 0 Å². The SMILES string of the molecule is CC(=O)[C@@]1(O)[C@](O)(C(C)=O)C(O)O[C@H](C(O)C(=O)CF)[C@@]1(O)C(C)=O. The van der Waals surface area contributed by atoms with Crippen LogP contribution in [-0.4, -0.2) is 90.6 Å². The summed E-state index contributed by atoms with van der Waals surface area (Å²) in [5, 5.41) is 51.6. The van der Waals surface area contributed by atoms with Gasteiger partial charge in [-0.15, -0.1) is 0 Å². The van der Waals surface area contributed by atoms with Crippen molar-refractivity contribution in [3.63, 3.8) is 0 Å². The first-order valence-corrected chi connectivity index (χ1v) is 7.05. The Morgan fingerprint density at radius 3 is 1.76 bits per heavy atom. The molecule has 0 amide bonds. The highest BCUT2D eigenvalue weighted by molar-refractivity contribution is 6.05. The second-order valence-corrected chi connectivity index (χ2v) is 5.87. The number of hydrogen-bond donors (Lipinski definition) is 5. The molecule has 0 bridgehead atoms. The zero-order valence-electron chi connectivity index (χ0n) is 13.6. The van der Waals surface area contributed by atoms with Gasteiger partial charge in [-0.3, -0.25) is 19.2 Å². The van der Waals surface area contributed by atoms with Crippen molar-refractivity contribution >= 4 is 23.1 Å². The number of aliphatic hydroxyl groups is 5. The van der Waals surface area contributed by atoms with Crippen molar-refractivity contribution in [1.29, 1.82) is 0 Å². The minimum Gasteiger partial charge on any atom is -0.382 e. The molecule has 11 heteroatoms. The predicted octanol–water partition coefficient (Wildman–Crippen LogP) is -3.44. The number of hydrogen-bond acceptors (Lipinski definition) is 10. The van der Waals surface area contributed by atoms with Crippen LogP contribution in [0.4, 0.5) is 4.39 Å². The van der Waals surface area contributed by atoms with Gasteiger partial charge in [0.05, 0.1) is 0 Å². The van der Waals surface area contributed by atoms with Crippen molar-refractivity contribution in [2.24, 2.45) is 0 Å². The molecular formula is C14H19FO10. The summed E-state index contributed by atoms with van der Waals surface area (Å²) in [6.45, 7) is 0.0561. The van der Waals surface area contributed by atoms with Crippen LogP contribution in [0.3, 0.4) is 0 Å². The third-order valence-electron chi connectivity index (χ3n) is 4.48. The maximum atomic E-state index is 12.5. The minimum atomic E-state index is -3.70. The Morgan fingerprint density at radius 1 is 1.00 bits per heavy atom. The number of rotatable bonds is 6. The van der Waals surface area contributed by atoms with Crippen LogP contribution in [-0.2, 0) is 23.9 Å². The summed E-state index contributed by atoms with van der Waals surface area (Å²) in [6, 6.07) is 0. The summed E-state index contributed by atoms with van der Waals surface area (Å²) in [5.41, 5.74) is -10.8. The number of ether oxygens (including phenoxy) is 1. The molecular weight excluding hydrogens is 347 g/mol. The molecule has 6 atom stereocenters. The lowest BCUT2D eigenvalue weighted by Gasteiger charge is -2.57. The third-order valence-corrected chi connectivity index (χ3v) is 4.48. The molecule has 1 saturated heterocycles. The van der Waals surface area contributed by atoms with Crippen LogP contribution in [0.5, 0.6) is 0 Å². The van der Waals surface area contributed by atoms with Gasteiger partial charge in [-0.25, -0.2) is 4.39 Å². The van der Waals surface area contributed by atoms with Crippen LogP contribution in [0.1, 0.15) is 20.8 Å². The molecule has 0 aliphatic carbocycles. The Labute approximate surface area is 140 Å². The standard InChI is InChI=1S/C14H19FO10/c1-5(16)12(22)10(9(20)8(19)4-15)25-11(21)13(23,6(2)17)14(12,24)7(3)18/h9-11,20-24H,4H2,1-3H3/t9?,10-,11?,12+,13+,14+/m1/s1. The zero-order valence-corrected chi connectivity index (χ0v) is 13.6. The maximum absolute atomic E-state index is 12.5. The smallest absolute Gasteiger partial charge is 0.213 e. The summed E-state index contributed by atoms with van der Waals surface area (Å²) in [6.07, 6.45) is -7.88. The molecule has 1 aliphatic rings. The van der Waals surface area contributed by atoms with E-state index in [4.69, 9.17) is 0 Å². The molecule has 2 unspecified atom stereocenters. The lowest BCUT2D eigenvalue weighted by Crippen LogP contribution is -2.87. The van der Waals surface area contributed by atoms with E-state index in [1.807, 2.05) is 0 Å². The highest BCUT2D eigenvalue weighted by atomic mass is 19.1. The normalized spacial score (nSPS) is 39.6. The van der Waals surface area contributed by atoms with Gasteiger partial charge in [0.2, 0.25) is 11.2 Å². The van der Waals surface area contributed by atoms with Crippen LogP contribution in [0.25, 0.3) is 0 Å². The molecule has 0 aromatic heterocycles. The fourth-order valence-corrected chi connectivity index (χ4v) is 2.98. The van der Waals surface area contributed by atoms with Gasteiger partial charge in [0.25, 0.3) is 0 Å². The highest BCUT2D eigenvalue weighted by Crippen LogP contribution is 2.46. The molecule has 25 heavy (non-hydrogen) atoms.